The van der Waals surface area contributed by atoms with Crippen LogP contribution < -0.4 is 0 Å². The minimum absolute atomic E-state index is 0.823. The molecule has 9 aliphatic carbocycles. The topological polar surface area (TPSA) is 0 Å². The lowest BCUT2D eigenvalue weighted by atomic mass is 9.66. The van der Waals surface area contributed by atoms with E-state index in [1.54, 1.807) is 6.42 Å². The molecule has 0 aromatic heterocycles. The van der Waals surface area contributed by atoms with Crippen LogP contribution in [0.4, 0.5) is 0 Å². The van der Waals surface area contributed by atoms with Crippen LogP contribution in [0, 0.1) is 107 Å². The summed E-state index contributed by atoms with van der Waals surface area (Å²) in [4.78, 5) is 0. The van der Waals surface area contributed by atoms with Gasteiger partial charge in [-0.3, -0.25) is 0 Å². The van der Waals surface area contributed by atoms with Gasteiger partial charge in [-0.05, 0) is 145 Å². The quantitative estimate of drug-likeness (QED) is 0.192. The number of allylic oxidation sites excluding steroid dienone is 10. The Labute approximate surface area is 274 Å². The van der Waals surface area contributed by atoms with E-state index in [0.29, 0.717) is 0 Å². The maximum absolute atomic E-state index is 2.55. The van der Waals surface area contributed by atoms with Gasteiger partial charge in [-0.2, -0.15) is 0 Å². The summed E-state index contributed by atoms with van der Waals surface area (Å²) >= 11 is 0. The molecule has 0 nitrogen and oxygen atoms in total. The van der Waals surface area contributed by atoms with Gasteiger partial charge in [0, 0.05) is 0 Å². The highest BCUT2D eigenvalue weighted by Gasteiger charge is 2.62. The molecule has 4 fully saturated rings. The molecule has 0 heterocycles. The normalized spacial score (nSPS) is 51.8. The highest BCUT2D eigenvalue weighted by atomic mass is 14.7. The van der Waals surface area contributed by atoms with Gasteiger partial charge in [-0.15, -0.1) is 0 Å². The van der Waals surface area contributed by atoms with Crippen LogP contribution in [-0.4, -0.2) is 0 Å². The van der Waals surface area contributed by atoms with Crippen molar-refractivity contribution in [1.82, 2.24) is 0 Å². The molecule has 0 radical (unpaired) electrons. The van der Waals surface area contributed by atoms with Crippen molar-refractivity contribution in [2.45, 2.75) is 108 Å². The Bertz CT molecular complexity index is 1020. The fourth-order valence-corrected chi connectivity index (χ4v) is 10.5. The van der Waals surface area contributed by atoms with Crippen molar-refractivity contribution in [3.63, 3.8) is 0 Å². The second kappa shape index (κ2) is 14.6. The molecular formula is C44H70. The van der Waals surface area contributed by atoms with E-state index in [1.807, 2.05) is 0 Å². The summed E-state index contributed by atoms with van der Waals surface area (Å²) < 4.78 is 0. The molecule has 0 heteroatoms. The van der Waals surface area contributed by atoms with Gasteiger partial charge in [0.25, 0.3) is 0 Å². The molecule has 0 spiro atoms. The fraction of sp³-hybridized carbons (Fsp3) is 0.773. The summed E-state index contributed by atoms with van der Waals surface area (Å²) in [5.41, 5.74) is 0. The Hall–Kier alpha value is -1.30. The first kappa shape index (κ1) is 34.0. The maximum atomic E-state index is 2.55. The molecule has 18 atom stereocenters. The van der Waals surface area contributed by atoms with E-state index < -0.39 is 0 Å². The maximum Gasteiger partial charge on any atom is -0.0194 e. The highest BCUT2D eigenvalue weighted by Crippen LogP contribution is 2.68. The van der Waals surface area contributed by atoms with Gasteiger partial charge in [-0.1, -0.05) is 130 Å². The Morgan fingerprint density at radius 3 is 1.14 bits per heavy atom. The fourth-order valence-electron chi connectivity index (χ4n) is 10.5. The number of rotatable bonds is 0. The van der Waals surface area contributed by atoms with Gasteiger partial charge >= 0.3 is 0 Å². The number of hydrogen-bond donors (Lipinski definition) is 0. The average molecular weight is 599 g/mol. The largest absolute Gasteiger partial charge is 0.0882 e. The summed E-state index contributed by atoms with van der Waals surface area (Å²) in [5.74, 6) is 17.4. The second-order valence-corrected chi connectivity index (χ2v) is 17.5. The zero-order valence-electron chi connectivity index (χ0n) is 30.4. The van der Waals surface area contributed by atoms with Gasteiger partial charge in [0.05, 0.1) is 0 Å². The summed E-state index contributed by atoms with van der Waals surface area (Å²) in [6, 6.07) is 0. The van der Waals surface area contributed by atoms with Crippen LogP contribution in [0.1, 0.15) is 108 Å². The van der Waals surface area contributed by atoms with Gasteiger partial charge < -0.3 is 0 Å². The summed E-state index contributed by atoms with van der Waals surface area (Å²) in [7, 11) is 0. The molecule has 6 bridgehead atoms. The first-order valence-corrected chi connectivity index (χ1v) is 19.4. The molecule has 9 rings (SSSR count). The van der Waals surface area contributed by atoms with E-state index in [9.17, 15) is 0 Å². The smallest absolute Gasteiger partial charge is 0.0194 e. The molecule has 0 amide bonds. The van der Waals surface area contributed by atoms with Crippen molar-refractivity contribution in [2.24, 2.45) is 107 Å². The Morgan fingerprint density at radius 1 is 0.386 bits per heavy atom. The molecule has 0 N–H and O–H groups in total. The lowest BCUT2D eigenvalue weighted by molar-refractivity contribution is 0.108. The van der Waals surface area contributed by atoms with E-state index in [1.165, 1.54) is 32.1 Å². The van der Waals surface area contributed by atoms with Crippen LogP contribution in [0.15, 0.2) is 60.8 Å². The highest BCUT2D eigenvalue weighted by molar-refractivity contribution is 5.21. The monoisotopic (exact) mass is 599 g/mol. The van der Waals surface area contributed by atoms with E-state index >= 15 is 0 Å². The van der Waals surface area contributed by atoms with E-state index in [-0.39, 0.29) is 0 Å². The number of fused-ring (bicyclic) bond motifs is 11. The van der Waals surface area contributed by atoms with E-state index in [4.69, 9.17) is 0 Å². The summed E-state index contributed by atoms with van der Waals surface area (Å²) in [6.07, 6.45) is 32.1. The van der Waals surface area contributed by atoms with Crippen molar-refractivity contribution < 1.29 is 0 Å². The Morgan fingerprint density at radius 2 is 0.841 bits per heavy atom. The zero-order valence-corrected chi connectivity index (χ0v) is 30.4. The van der Waals surface area contributed by atoms with Crippen molar-refractivity contribution >= 4 is 0 Å². The first-order valence-electron chi connectivity index (χ1n) is 19.4. The zero-order chi connectivity index (χ0) is 31.7. The summed E-state index contributed by atoms with van der Waals surface area (Å²) in [6.45, 7) is 23.5. The standard InChI is InChI=1S/C14H20.C9H14.C8H14.C7H12.C6H10/c1-7-8(2)12-6-11(7)13-9-3-4-10(5-9)14(12)13;1-6-7(2)9-4-3-8(6)5-9;1-7-5-3-4-6-8(7)2;1-6-4-3-5-7(6)2;1-5-3-4-6(5)2/h3-4,7-14H,5-6H2,1-2H3;3-4,6-9H,5H2,1-2H3;3,5,7-8H,4,6H2,1-2H3;3-4,6-7H,5H2,1-2H3;3-6H,1-2H3. The number of hydrogen-bond acceptors (Lipinski definition) is 0. The average Bonchev–Trinajstić information content (AvgIpc) is 3.88. The minimum Gasteiger partial charge on any atom is -0.0882 e. The van der Waals surface area contributed by atoms with Crippen molar-refractivity contribution in [3.05, 3.63) is 60.8 Å². The van der Waals surface area contributed by atoms with Crippen LogP contribution >= 0.6 is 0 Å². The molecule has 9 aliphatic rings. The third kappa shape index (κ3) is 7.15. The van der Waals surface area contributed by atoms with Gasteiger partial charge in [0.1, 0.15) is 0 Å². The molecule has 246 valence electrons. The van der Waals surface area contributed by atoms with Gasteiger partial charge in [0.15, 0.2) is 0 Å². The molecule has 18 unspecified atom stereocenters. The van der Waals surface area contributed by atoms with Crippen molar-refractivity contribution in [2.75, 3.05) is 0 Å². The van der Waals surface area contributed by atoms with Crippen molar-refractivity contribution in [3.8, 4) is 0 Å². The van der Waals surface area contributed by atoms with Crippen LogP contribution in [0.5, 0.6) is 0 Å². The molecule has 0 saturated heterocycles. The van der Waals surface area contributed by atoms with Crippen LogP contribution in [0.3, 0.4) is 0 Å². The lowest BCUT2D eigenvalue weighted by Gasteiger charge is -2.39. The van der Waals surface area contributed by atoms with Crippen LogP contribution in [0.2, 0.25) is 0 Å². The predicted octanol–water partition coefficient (Wildman–Crippen LogP) is 12.5. The Kier molecular flexibility index (Phi) is 11.3. The second-order valence-electron chi connectivity index (χ2n) is 17.5. The summed E-state index contributed by atoms with van der Waals surface area (Å²) in [5, 5.41) is 0. The SMILES string of the molecule is CC1C(C)C2CC1C1C3C=CC(C3)C21.CC1C2C=CC(C2)C1C.CC1C=CC1C.CC1C=CCC1C.CC1C=CCCC1C. The van der Waals surface area contributed by atoms with Gasteiger partial charge in [0.2, 0.25) is 0 Å². The predicted molar refractivity (Wildman–Crippen MR) is 193 cm³/mol. The van der Waals surface area contributed by atoms with Gasteiger partial charge in [-0.25, -0.2) is 0 Å². The molecule has 0 aromatic rings. The molecule has 4 saturated carbocycles. The molecule has 0 aromatic carbocycles. The Balaban J connectivity index is 0.000000114. The van der Waals surface area contributed by atoms with E-state index in [2.05, 4.69) is 130 Å². The lowest BCUT2D eigenvalue weighted by Crippen LogP contribution is -2.34. The van der Waals surface area contributed by atoms with E-state index in [0.717, 1.165) is 107 Å². The first-order chi connectivity index (χ1) is 21.0. The molecule has 44 heavy (non-hydrogen) atoms. The van der Waals surface area contributed by atoms with Crippen molar-refractivity contribution in [1.29, 1.82) is 0 Å². The van der Waals surface area contributed by atoms with Crippen LogP contribution in [0.25, 0.3) is 0 Å². The van der Waals surface area contributed by atoms with Crippen LogP contribution in [-0.2, 0) is 0 Å². The minimum atomic E-state index is 0.823. The third-order valence-electron chi connectivity index (χ3n) is 15.1. The molecule has 0 aliphatic heterocycles. The molecular weight excluding hydrogens is 528 g/mol. The third-order valence-corrected chi connectivity index (χ3v) is 15.1.